The standard InChI is InChI=1S/C26H18F3N5O2/c1-25(2,13-30)16-4-6-17(7-5-16)34-22-18-9-14(3-8-20(18)32-12-21(22)36-24(34)35)15-10-19(26(27,28)29)23(31)33-11-15/h3-12H,1-2H3,(H2,31,33). The Labute approximate surface area is 202 Å². The van der Waals surface area contributed by atoms with Crippen LogP contribution < -0.4 is 11.5 Å². The Balaban J connectivity index is 1.72. The van der Waals surface area contributed by atoms with Crippen molar-refractivity contribution in [2.75, 3.05) is 5.73 Å². The Kier molecular flexibility index (Phi) is 5.10. The molecule has 0 aliphatic heterocycles. The van der Waals surface area contributed by atoms with Crippen LogP contribution in [0.2, 0.25) is 0 Å². The first kappa shape index (κ1) is 23.1. The zero-order valence-corrected chi connectivity index (χ0v) is 19.1. The van der Waals surface area contributed by atoms with E-state index in [1.165, 1.54) is 17.0 Å². The molecule has 36 heavy (non-hydrogen) atoms. The number of fused-ring (bicyclic) bond motifs is 3. The van der Waals surface area contributed by atoms with Crippen LogP contribution >= 0.6 is 0 Å². The molecule has 0 bridgehead atoms. The van der Waals surface area contributed by atoms with E-state index in [0.29, 0.717) is 27.7 Å². The molecular weight excluding hydrogens is 471 g/mol. The highest BCUT2D eigenvalue weighted by atomic mass is 19.4. The highest BCUT2D eigenvalue weighted by Gasteiger charge is 2.34. The largest absolute Gasteiger partial charge is 0.424 e. The third-order valence-corrected chi connectivity index (χ3v) is 6.09. The van der Waals surface area contributed by atoms with E-state index in [0.717, 1.165) is 11.6 Å². The van der Waals surface area contributed by atoms with Gasteiger partial charge in [-0.25, -0.2) is 14.3 Å². The Bertz CT molecular complexity index is 1740. The van der Waals surface area contributed by atoms with Crippen LogP contribution in [0.25, 0.3) is 38.8 Å². The van der Waals surface area contributed by atoms with E-state index in [4.69, 9.17) is 10.2 Å². The zero-order valence-electron chi connectivity index (χ0n) is 19.1. The van der Waals surface area contributed by atoms with E-state index in [-0.39, 0.29) is 11.1 Å². The number of halogens is 3. The minimum Gasteiger partial charge on any atom is -0.406 e. The quantitative estimate of drug-likeness (QED) is 0.353. The first-order chi connectivity index (χ1) is 17.0. The molecule has 0 saturated carbocycles. The molecule has 0 atom stereocenters. The number of oxazole rings is 1. The maximum absolute atomic E-state index is 13.4. The van der Waals surface area contributed by atoms with E-state index in [2.05, 4.69) is 16.0 Å². The molecule has 3 aromatic heterocycles. The van der Waals surface area contributed by atoms with Crippen molar-refractivity contribution in [3.05, 3.63) is 82.6 Å². The molecule has 0 spiro atoms. The smallest absolute Gasteiger partial charge is 0.406 e. The fourth-order valence-electron chi connectivity index (χ4n) is 4.06. The molecule has 0 aliphatic carbocycles. The summed E-state index contributed by atoms with van der Waals surface area (Å²) in [6, 6.07) is 15.0. The lowest BCUT2D eigenvalue weighted by molar-refractivity contribution is -0.137. The summed E-state index contributed by atoms with van der Waals surface area (Å²) in [5.74, 6) is -1.26. The predicted molar refractivity (Wildman–Crippen MR) is 128 cm³/mol. The number of nitrogens with two attached hydrogens (primary N) is 1. The van der Waals surface area contributed by atoms with Gasteiger partial charge < -0.3 is 10.2 Å². The molecule has 2 N–H and O–H groups in total. The van der Waals surface area contributed by atoms with Gasteiger partial charge in [-0.15, -0.1) is 0 Å². The molecule has 5 rings (SSSR count). The predicted octanol–water partition coefficient (Wildman–Crippen LogP) is 5.60. The maximum Gasteiger partial charge on any atom is 0.424 e. The van der Waals surface area contributed by atoms with Gasteiger partial charge in [0.1, 0.15) is 11.3 Å². The van der Waals surface area contributed by atoms with E-state index < -0.39 is 28.7 Å². The van der Waals surface area contributed by atoms with Gasteiger partial charge in [-0.1, -0.05) is 18.2 Å². The number of hydrogen-bond acceptors (Lipinski definition) is 6. The number of anilines is 1. The second-order valence-electron chi connectivity index (χ2n) is 8.84. The molecule has 0 amide bonds. The van der Waals surface area contributed by atoms with Gasteiger partial charge in [-0.05, 0) is 55.3 Å². The first-order valence-electron chi connectivity index (χ1n) is 10.8. The average molecular weight is 489 g/mol. The number of nitrogen functional groups attached to an aromatic ring is 1. The Morgan fingerprint density at radius 1 is 1.00 bits per heavy atom. The van der Waals surface area contributed by atoms with Crippen molar-refractivity contribution in [3.8, 4) is 22.9 Å². The minimum atomic E-state index is -4.66. The second-order valence-corrected chi connectivity index (χ2v) is 8.84. The van der Waals surface area contributed by atoms with Crippen molar-refractivity contribution in [2.45, 2.75) is 25.4 Å². The second kappa shape index (κ2) is 7.95. The molecule has 3 heterocycles. The highest BCUT2D eigenvalue weighted by molar-refractivity contribution is 6.03. The molecule has 7 nitrogen and oxygen atoms in total. The number of hydrogen-bond donors (Lipinski definition) is 1. The fourth-order valence-corrected chi connectivity index (χ4v) is 4.06. The SMILES string of the molecule is CC(C)(C#N)c1ccc(-n2c(=O)oc3cnc4ccc(-c5cnc(N)c(C(F)(F)F)c5)cc4c32)cc1. The van der Waals surface area contributed by atoms with Gasteiger partial charge >= 0.3 is 11.9 Å². The lowest BCUT2D eigenvalue weighted by Gasteiger charge is -2.16. The molecular formula is C26H18F3N5O2. The third kappa shape index (κ3) is 3.75. The number of pyridine rings is 2. The van der Waals surface area contributed by atoms with Crippen molar-refractivity contribution in [1.29, 1.82) is 5.26 Å². The summed E-state index contributed by atoms with van der Waals surface area (Å²) < 4.78 is 46.9. The monoisotopic (exact) mass is 489 g/mol. The van der Waals surface area contributed by atoms with Gasteiger partial charge in [0.15, 0.2) is 5.58 Å². The maximum atomic E-state index is 13.4. The molecule has 0 fully saturated rings. The van der Waals surface area contributed by atoms with Gasteiger partial charge in [0.2, 0.25) is 0 Å². The lowest BCUT2D eigenvalue weighted by Crippen LogP contribution is -2.15. The summed E-state index contributed by atoms with van der Waals surface area (Å²) in [7, 11) is 0. The molecule has 0 unspecified atom stereocenters. The van der Waals surface area contributed by atoms with E-state index >= 15 is 0 Å². The number of rotatable bonds is 3. The van der Waals surface area contributed by atoms with Gasteiger partial charge in [-0.2, -0.15) is 18.4 Å². The molecule has 180 valence electrons. The zero-order chi connectivity index (χ0) is 25.8. The molecule has 0 radical (unpaired) electrons. The molecule has 0 aliphatic rings. The number of aromatic nitrogens is 3. The van der Waals surface area contributed by atoms with Crippen molar-refractivity contribution < 1.29 is 17.6 Å². The van der Waals surface area contributed by atoms with Crippen molar-refractivity contribution in [3.63, 3.8) is 0 Å². The Morgan fingerprint density at radius 2 is 1.72 bits per heavy atom. The van der Waals surface area contributed by atoms with Crippen LogP contribution in [-0.4, -0.2) is 14.5 Å². The number of nitriles is 1. The number of alkyl halides is 3. The van der Waals surface area contributed by atoms with Gasteiger partial charge in [0.05, 0.1) is 34.4 Å². The van der Waals surface area contributed by atoms with Crippen LogP contribution in [0.3, 0.4) is 0 Å². The van der Waals surface area contributed by atoms with Crippen LogP contribution in [-0.2, 0) is 11.6 Å². The van der Waals surface area contributed by atoms with E-state index in [1.807, 2.05) is 0 Å². The first-order valence-corrected chi connectivity index (χ1v) is 10.8. The lowest BCUT2D eigenvalue weighted by atomic mass is 9.86. The topological polar surface area (TPSA) is 111 Å². The van der Waals surface area contributed by atoms with E-state index in [9.17, 15) is 23.2 Å². The third-order valence-electron chi connectivity index (χ3n) is 6.09. The summed E-state index contributed by atoms with van der Waals surface area (Å²) in [6.07, 6.45) is -1.97. The summed E-state index contributed by atoms with van der Waals surface area (Å²) >= 11 is 0. The molecule has 10 heteroatoms. The average Bonchev–Trinajstić information content (AvgIpc) is 3.19. The van der Waals surface area contributed by atoms with Crippen molar-refractivity contribution >= 4 is 27.8 Å². The normalized spacial score (nSPS) is 12.2. The van der Waals surface area contributed by atoms with Gasteiger partial charge in [-0.3, -0.25) is 4.98 Å². The van der Waals surface area contributed by atoms with Gasteiger partial charge in [0, 0.05) is 17.1 Å². The summed E-state index contributed by atoms with van der Waals surface area (Å²) in [5, 5.41) is 9.90. The van der Waals surface area contributed by atoms with Crippen LogP contribution in [0.4, 0.5) is 19.0 Å². The van der Waals surface area contributed by atoms with Gasteiger partial charge in [0.25, 0.3) is 0 Å². The highest BCUT2D eigenvalue weighted by Crippen LogP contribution is 2.36. The minimum absolute atomic E-state index is 0.205. The molecule has 5 aromatic rings. The molecule has 0 saturated heterocycles. The number of nitrogens with zero attached hydrogens (tertiary/aromatic N) is 4. The van der Waals surface area contributed by atoms with Crippen LogP contribution in [0.5, 0.6) is 0 Å². The summed E-state index contributed by atoms with van der Waals surface area (Å²) in [5.41, 5.74) is 6.77. The molecule has 2 aromatic carbocycles. The Hall–Kier alpha value is -4.65. The van der Waals surface area contributed by atoms with Crippen LogP contribution in [0, 0.1) is 11.3 Å². The Morgan fingerprint density at radius 3 is 2.39 bits per heavy atom. The van der Waals surface area contributed by atoms with Crippen LogP contribution in [0.1, 0.15) is 25.0 Å². The van der Waals surface area contributed by atoms with Crippen molar-refractivity contribution in [2.24, 2.45) is 0 Å². The van der Waals surface area contributed by atoms with Crippen LogP contribution in [0.15, 0.2) is 70.1 Å². The fraction of sp³-hybridized carbons (Fsp3) is 0.154. The number of benzene rings is 2. The van der Waals surface area contributed by atoms with E-state index in [1.54, 1.807) is 56.3 Å². The summed E-state index contributed by atoms with van der Waals surface area (Å²) in [4.78, 5) is 20.9. The van der Waals surface area contributed by atoms with Crippen molar-refractivity contribution in [1.82, 2.24) is 14.5 Å². The summed E-state index contributed by atoms with van der Waals surface area (Å²) in [6.45, 7) is 3.58.